The van der Waals surface area contributed by atoms with Crippen molar-refractivity contribution in [3.8, 4) is 0 Å². The van der Waals surface area contributed by atoms with E-state index in [4.69, 9.17) is 5.73 Å². The highest BCUT2D eigenvalue weighted by atomic mass is 16.2. The topological polar surface area (TPSA) is 90.0 Å². The van der Waals surface area contributed by atoms with Crippen molar-refractivity contribution < 1.29 is 4.79 Å². The smallest absolute Gasteiger partial charge is 0.267 e. The molecule has 1 aromatic carbocycles. The summed E-state index contributed by atoms with van der Waals surface area (Å²) in [5, 5.41) is 6.65. The van der Waals surface area contributed by atoms with Gasteiger partial charge >= 0.3 is 0 Å². The maximum Gasteiger partial charge on any atom is 0.267 e. The molecule has 1 aromatic heterocycles. The number of anilines is 2. The largest absolute Gasteiger partial charge is 0.399 e. The number of hydrogen-bond acceptors (Lipinski definition) is 4. The van der Waals surface area contributed by atoms with Crippen LogP contribution in [0.1, 0.15) is 5.69 Å². The fourth-order valence-electron chi connectivity index (χ4n) is 1.62. The molecule has 0 atom stereocenters. The molecule has 6 heteroatoms. The van der Waals surface area contributed by atoms with Crippen molar-refractivity contribution >= 4 is 17.3 Å². The summed E-state index contributed by atoms with van der Waals surface area (Å²) in [7, 11) is 0. The van der Waals surface area contributed by atoms with Crippen molar-refractivity contribution in [1.82, 2.24) is 9.78 Å². The number of carbonyl (C=O) groups excluding carboxylic acids is 1. The third kappa shape index (κ3) is 3.41. The Morgan fingerprint density at radius 3 is 2.89 bits per heavy atom. The molecule has 3 N–H and O–H groups in total. The molecule has 0 aliphatic carbocycles. The van der Waals surface area contributed by atoms with Crippen molar-refractivity contribution in [3.05, 3.63) is 52.4 Å². The number of nitrogens with zero attached hydrogens (tertiary/aromatic N) is 2. The van der Waals surface area contributed by atoms with Gasteiger partial charge in [0.2, 0.25) is 5.91 Å². The van der Waals surface area contributed by atoms with E-state index in [-0.39, 0.29) is 18.0 Å². The third-order valence-electron chi connectivity index (χ3n) is 2.46. The van der Waals surface area contributed by atoms with Gasteiger partial charge in [0.25, 0.3) is 5.56 Å². The van der Waals surface area contributed by atoms with E-state index < -0.39 is 0 Å². The van der Waals surface area contributed by atoms with Crippen LogP contribution in [0, 0.1) is 6.92 Å². The molecule has 2 aromatic rings. The number of carbonyl (C=O) groups is 1. The molecule has 19 heavy (non-hydrogen) atoms. The molecular weight excluding hydrogens is 244 g/mol. The summed E-state index contributed by atoms with van der Waals surface area (Å²) in [6.07, 6.45) is 0. The number of benzene rings is 1. The molecule has 0 radical (unpaired) electrons. The van der Waals surface area contributed by atoms with Gasteiger partial charge in [0.1, 0.15) is 6.54 Å². The number of hydrogen-bond donors (Lipinski definition) is 2. The predicted octanol–water partition coefficient (Wildman–Crippen LogP) is 0.773. The number of aromatic nitrogens is 2. The SMILES string of the molecule is Cc1ccc(=O)n(CC(=O)Nc2cccc(N)c2)n1. The van der Waals surface area contributed by atoms with Crippen LogP contribution in [0.3, 0.4) is 0 Å². The van der Waals surface area contributed by atoms with E-state index in [1.54, 1.807) is 37.3 Å². The second-order valence-corrected chi connectivity index (χ2v) is 4.14. The minimum Gasteiger partial charge on any atom is -0.399 e. The summed E-state index contributed by atoms with van der Waals surface area (Å²) in [5.41, 5.74) is 7.13. The molecule has 1 heterocycles. The maximum atomic E-state index is 11.8. The standard InChI is InChI=1S/C13H14N4O2/c1-9-5-6-13(19)17(16-9)8-12(18)15-11-4-2-3-10(14)7-11/h2-7H,8,14H2,1H3,(H,15,18). The van der Waals surface area contributed by atoms with Gasteiger partial charge in [0.05, 0.1) is 5.69 Å². The Labute approximate surface area is 109 Å². The molecule has 1 amide bonds. The van der Waals surface area contributed by atoms with E-state index in [1.165, 1.54) is 6.07 Å². The highest BCUT2D eigenvalue weighted by molar-refractivity contribution is 5.90. The summed E-state index contributed by atoms with van der Waals surface area (Å²) in [6.45, 7) is 1.63. The normalized spacial score (nSPS) is 10.2. The van der Waals surface area contributed by atoms with E-state index in [1.807, 2.05) is 0 Å². The lowest BCUT2D eigenvalue weighted by Gasteiger charge is -2.07. The van der Waals surface area contributed by atoms with Crippen LogP contribution in [0.25, 0.3) is 0 Å². The number of rotatable bonds is 3. The molecule has 0 aliphatic heterocycles. The van der Waals surface area contributed by atoms with E-state index >= 15 is 0 Å². The average molecular weight is 258 g/mol. The van der Waals surface area contributed by atoms with Crippen LogP contribution in [0.2, 0.25) is 0 Å². The first-order chi connectivity index (χ1) is 9.04. The molecule has 0 saturated carbocycles. The minimum absolute atomic E-state index is 0.130. The van der Waals surface area contributed by atoms with Crippen molar-refractivity contribution in [2.24, 2.45) is 0 Å². The summed E-state index contributed by atoms with van der Waals surface area (Å²) in [6, 6.07) is 9.82. The van der Waals surface area contributed by atoms with Crippen LogP contribution in [0.4, 0.5) is 11.4 Å². The molecule has 98 valence electrons. The Kier molecular flexibility index (Phi) is 3.61. The van der Waals surface area contributed by atoms with Gasteiger partial charge in [-0.15, -0.1) is 0 Å². The van der Waals surface area contributed by atoms with Crippen molar-refractivity contribution in [3.63, 3.8) is 0 Å². The minimum atomic E-state index is -0.328. The van der Waals surface area contributed by atoms with Gasteiger partial charge in [-0.25, -0.2) is 4.68 Å². The third-order valence-corrected chi connectivity index (χ3v) is 2.46. The Morgan fingerprint density at radius 1 is 1.37 bits per heavy atom. The molecule has 0 spiro atoms. The first-order valence-electron chi connectivity index (χ1n) is 5.75. The van der Waals surface area contributed by atoms with E-state index in [2.05, 4.69) is 10.4 Å². The van der Waals surface area contributed by atoms with Gasteiger partial charge in [-0.2, -0.15) is 5.10 Å². The first-order valence-corrected chi connectivity index (χ1v) is 5.75. The van der Waals surface area contributed by atoms with Gasteiger partial charge in [-0.3, -0.25) is 9.59 Å². The zero-order valence-corrected chi connectivity index (χ0v) is 10.5. The molecule has 6 nitrogen and oxygen atoms in total. The lowest BCUT2D eigenvalue weighted by Crippen LogP contribution is -2.29. The second-order valence-electron chi connectivity index (χ2n) is 4.14. The summed E-state index contributed by atoms with van der Waals surface area (Å²) in [4.78, 5) is 23.3. The fraction of sp³-hybridized carbons (Fsp3) is 0.154. The second kappa shape index (κ2) is 5.34. The van der Waals surface area contributed by atoms with Crippen molar-refractivity contribution in [1.29, 1.82) is 0 Å². The molecule has 0 aliphatic rings. The van der Waals surface area contributed by atoms with E-state index in [0.29, 0.717) is 17.1 Å². The Bertz CT molecular complexity index is 664. The summed E-state index contributed by atoms with van der Waals surface area (Å²) in [5.74, 6) is -0.328. The van der Waals surface area contributed by atoms with Gasteiger partial charge in [-0.1, -0.05) is 6.07 Å². The van der Waals surface area contributed by atoms with Crippen LogP contribution in [0.15, 0.2) is 41.2 Å². The summed E-state index contributed by atoms with van der Waals surface area (Å²) < 4.78 is 1.12. The molecule has 0 unspecified atom stereocenters. The Hall–Kier alpha value is -2.63. The highest BCUT2D eigenvalue weighted by Crippen LogP contribution is 2.11. The molecule has 0 fully saturated rings. The number of aryl methyl sites for hydroxylation is 1. The zero-order chi connectivity index (χ0) is 13.8. The van der Waals surface area contributed by atoms with Crippen LogP contribution < -0.4 is 16.6 Å². The number of nitrogens with one attached hydrogen (secondary N) is 1. The van der Waals surface area contributed by atoms with E-state index in [0.717, 1.165) is 4.68 Å². The maximum absolute atomic E-state index is 11.8. The Balaban J connectivity index is 2.09. The van der Waals surface area contributed by atoms with E-state index in [9.17, 15) is 9.59 Å². The lowest BCUT2D eigenvalue weighted by atomic mass is 10.3. The monoisotopic (exact) mass is 258 g/mol. The van der Waals surface area contributed by atoms with Gasteiger partial charge in [-0.05, 0) is 31.2 Å². The molecule has 2 rings (SSSR count). The number of nitrogens with two attached hydrogens (primary N) is 1. The predicted molar refractivity (Wildman–Crippen MR) is 72.7 cm³/mol. The van der Waals surface area contributed by atoms with Crippen molar-refractivity contribution in [2.45, 2.75) is 13.5 Å². The molecular formula is C13H14N4O2. The number of nitrogen functional groups attached to an aromatic ring is 1. The van der Waals surface area contributed by atoms with Crippen LogP contribution in [-0.4, -0.2) is 15.7 Å². The first kappa shape index (κ1) is 12.8. The average Bonchev–Trinajstić information content (AvgIpc) is 2.34. The molecule has 0 bridgehead atoms. The van der Waals surface area contributed by atoms with Gasteiger partial charge in [0, 0.05) is 17.4 Å². The lowest BCUT2D eigenvalue weighted by molar-refractivity contribution is -0.117. The van der Waals surface area contributed by atoms with Crippen molar-refractivity contribution in [2.75, 3.05) is 11.1 Å². The number of amides is 1. The highest BCUT2D eigenvalue weighted by Gasteiger charge is 2.06. The quantitative estimate of drug-likeness (QED) is 0.796. The Morgan fingerprint density at radius 2 is 2.16 bits per heavy atom. The van der Waals surface area contributed by atoms with Gasteiger partial charge < -0.3 is 11.1 Å². The van der Waals surface area contributed by atoms with Crippen LogP contribution in [-0.2, 0) is 11.3 Å². The van der Waals surface area contributed by atoms with Crippen LogP contribution in [0.5, 0.6) is 0 Å². The zero-order valence-electron chi connectivity index (χ0n) is 10.5. The fourth-order valence-corrected chi connectivity index (χ4v) is 1.62. The van der Waals surface area contributed by atoms with Crippen LogP contribution >= 0.6 is 0 Å². The summed E-state index contributed by atoms with van der Waals surface area (Å²) >= 11 is 0. The molecule has 0 saturated heterocycles. The van der Waals surface area contributed by atoms with Gasteiger partial charge in [0.15, 0.2) is 0 Å².